The van der Waals surface area contributed by atoms with Crippen LogP contribution in [0.2, 0.25) is 0 Å². The second-order valence-corrected chi connectivity index (χ2v) is 4.21. The Morgan fingerprint density at radius 1 is 1.43 bits per heavy atom. The number of nitrogens with two attached hydrogens (primary N) is 1. The summed E-state index contributed by atoms with van der Waals surface area (Å²) in [5.41, 5.74) is 8.47. The number of fused-ring (bicyclic) bond motifs is 1. The largest absolute Gasteiger partial charge is 0.328 e. The lowest BCUT2D eigenvalue weighted by Gasteiger charge is -2.19. The fourth-order valence-corrected chi connectivity index (χ4v) is 2.39. The third-order valence-corrected chi connectivity index (χ3v) is 3.13. The highest BCUT2D eigenvalue weighted by molar-refractivity contribution is 5.20. The molecule has 1 aliphatic rings. The average molecular weight is 193 g/mol. The molecule has 1 unspecified atom stereocenters. The third kappa shape index (κ3) is 1.46. The molecule has 0 aliphatic heterocycles. The Balaban J connectivity index is 2.42. The number of rotatable bonds is 2. The summed E-state index contributed by atoms with van der Waals surface area (Å²) >= 11 is 0. The topological polar surface area (TPSA) is 43.8 Å². The lowest BCUT2D eigenvalue weighted by atomic mass is 10.0. The molecule has 0 bridgehead atoms. The van der Waals surface area contributed by atoms with Gasteiger partial charge in [-0.25, -0.2) is 4.98 Å². The highest BCUT2D eigenvalue weighted by Crippen LogP contribution is 2.24. The van der Waals surface area contributed by atoms with Gasteiger partial charge in [-0.2, -0.15) is 0 Å². The van der Waals surface area contributed by atoms with Gasteiger partial charge in [-0.3, -0.25) is 0 Å². The molecule has 3 heteroatoms. The molecule has 0 amide bonds. The van der Waals surface area contributed by atoms with Crippen LogP contribution in [0.15, 0.2) is 0 Å². The average Bonchev–Trinajstić information content (AvgIpc) is 2.53. The van der Waals surface area contributed by atoms with Gasteiger partial charge in [0.1, 0.15) is 5.82 Å². The maximum Gasteiger partial charge on any atom is 0.106 e. The van der Waals surface area contributed by atoms with Gasteiger partial charge < -0.3 is 10.3 Å². The van der Waals surface area contributed by atoms with Gasteiger partial charge in [-0.05, 0) is 39.5 Å². The van der Waals surface area contributed by atoms with Gasteiger partial charge in [0.2, 0.25) is 0 Å². The SMILES string of the molecule is Cc1nc2c(n1C(C)CN)CCCC2. The van der Waals surface area contributed by atoms with E-state index >= 15 is 0 Å². The van der Waals surface area contributed by atoms with E-state index in [4.69, 9.17) is 5.73 Å². The molecule has 2 rings (SSSR count). The molecule has 1 aromatic heterocycles. The Morgan fingerprint density at radius 3 is 2.86 bits per heavy atom. The molecule has 2 N–H and O–H groups in total. The number of aromatic nitrogens is 2. The first-order valence-corrected chi connectivity index (χ1v) is 5.50. The molecule has 1 aromatic rings. The Kier molecular flexibility index (Phi) is 2.59. The predicted molar refractivity (Wildman–Crippen MR) is 57.4 cm³/mol. The Morgan fingerprint density at radius 2 is 2.14 bits per heavy atom. The maximum absolute atomic E-state index is 5.72. The fourth-order valence-electron chi connectivity index (χ4n) is 2.39. The molecule has 0 fully saturated rings. The standard InChI is InChI=1S/C11H19N3/c1-8(7-12)14-9(2)13-10-5-3-4-6-11(10)14/h8H,3-7,12H2,1-2H3. The van der Waals surface area contributed by atoms with Crippen molar-refractivity contribution < 1.29 is 0 Å². The minimum absolute atomic E-state index is 0.393. The molecule has 1 heterocycles. The van der Waals surface area contributed by atoms with Crippen molar-refractivity contribution >= 4 is 0 Å². The zero-order valence-corrected chi connectivity index (χ0v) is 9.08. The van der Waals surface area contributed by atoms with Gasteiger partial charge in [0, 0.05) is 18.3 Å². The van der Waals surface area contributed by atoms with E-state index in [1.54, 1.807) is 0 Å². The summed E-state index contributed by atoms with van der Waals surface area (Å²) in [5.74, 6) is 1.13. The monoisotopic (exact) mass is 193 g/mol. The van der Waals surface area contributed by atoms with Gasteiger partial charge in [0.15, 0.2) is 0 Å². The van der Waals surface area contributed by atoms with Crippen LogP contribution in [-0.2, 0) is 12.8 Å². The van der Waals surface area contributed by atoms with Gasteiger partial charge in [0.25, 0.3) is 0 Å². The second-order valence-electron chi connectivity index (χ2n) is 4.21. The normalized spacial score (nSPS) is 17.9. The first kappa shape index (κ1) is 9.71. The predicted octanol–water partition coefficient (Wildman–Crippen LogP) is 1.59. The van der Waals surface area contributed by atoms with Crippen molar-refractivity contribution in [1.82, 2.24) is 9.55 Å². The number of imidazole rings is 1. The first-order valence-electron chi connectivity index (χ1n) is 5.50. The van der Waals surface area contributed by atoms with E-state index in [1.165, 1.54) is 30.7 Å². The molecule has 0 aromatic carbocycles. The van der Waals surface area contributed by atoms with Gasteiger partial charge >= 0.3 is 0 Å². The molecule has 78 valence electrons. The molecular formula is C11H19N3. The minimum Gasteiger partial charge on any atom is -0.328 e. The van der Waals surface area contributed by atoms with Crippen molar-refractivity contribution in [2.75, 3.05) is 6.54 Å². The van der Waals surface area contributed by atoms with E-state index in [0.29, 0.717) is 12.6 Å². The number of nitrogens with zero attached hydrogens (tertiary/aromatic N) is 2. The number of hydrogen-bond donors (Lipinski definition) is 1. The van der Waals surface area contributed by atoms with Crippen LogP contribution in [0.4, 0.5) is 0 Å². The van der Waals surface area contributed by atoms with Crippen molar-refractivity contribution in [2.45, 2.75) is 45.6 Å². The maximum atomic E-state index is 5.72. The zero-order valence-electron chi connectivity index (χ0n) is 9.08. The summed E-state index contributed by atoms with van der Waals surface area (Å²) in [6.07, 6.45) is 4.93. The fraction of sp³-hybridized carbons (Fsp3) is 0.727. The van der Waals surface area contributed by atoms with Crippen LogP contribution in [0.3, 0.4) is 0 Å². The van der Waals surface area contributed by atoms with Crippen molar-refractivity contribution in [1.29, 1.82) is 0 Å². The number of hydrogen-bond acceptors (Lipinski definition) is 2. The third-order valence-electron chi connectivity index (χ3n) is 3.13. The molecular weight excluding hydrogens is 174 g/mol. The molecule has 1 aliphatic carbocycles. The summed E-state index contributed by atoms with van der Waals surface area (Å²) in [6.45, 7) is 4.96. The van der Waals surface area contributed by atoms with E-state index in [1.807, 2.05) is 0 Å². The number of aryl methyl sites for hydroxylation is 2. The Labute approximate surface area is 85.3 Å². The quantitative estimate of drug-likeness (QED) is 0.775. The molecule has 3 nitrogen and oxygen atoms in total. The Bertz CT molecular complexity index is 328. The van der Waals surface area contributed by atoms with Crippen LogP contribution >= 0.6 is 0 Å². The summed E-state index contributed by atoms with van der Waals surface area (Å²) in [5, 5.41) is 0. The highest BCUT2D eigenvalue weighted by Gasteiger charge is 2.20. The van der Waals surface area contributed by atoms with Crippen LogP contribution in [-0.4, -0.2) is 16.1 Å². The highest BCUT2D eigenvalue weighted by atomic mass is 15.1. The minimum atomic E-state index is 0.393. The molecule has 0 saturated carbocycles. The summed E-state index contributed by atoms with van der Waals surface area (Å²) in [4.78, 5) is 4.63. The van der Waals surface area contributed by atoms with Gasteiger partial charge in [-0.1, -0.05) is 0 Å². The molecule has 1 atom stereocenters. The summed E-state index contributed by atoms with van der Waals surface area (Å²) < 4.78 is 2.33. The van der Waals surface area contributed by atoms with E-state index in [0.717, 1.165) is 12.2 Å². The lowest BCUT2D eigenvalue weighted by Crippen LogP contribution is -2.20. The summed E-state index contributed by atoms with van der Waals surface area (Å²) in [6, 6.07) is 0.393. The zero-order chi connectivity index (χ0) is 10.1. The first-order chi connectivity index (χ1) is 6.74. The van der Waals surface area contributed by atoms with E-state index in [2.05, 4.69) is 23.4 Å². The van der Waals surface area contributed by atoms with Gasteiger partial charge in [0.05, 0.1) is 5.69 Å². The molecule has 0 radical (unpaired) electrons. The van der Waals surface area contributed by atoms with Crippen molar-refractivity contribution in [3.05, 3.63) is 17.2 Å². The van der Waals surface area contributed by atoms with Gasteiger partial charge in [-0.15, -0.1) is 0 Å². The van der Waals surface area contributed by atoms with E-state index < -0.39 is 0 Å². The van der Waals surface area contributed by atoms with Crippen molar-refractivity contribution in [3.8, 4) is 0 Å². The smallest absolute Gasteiger partial charge is 0.106 e. The van der Waals surface area contributed by atoms with Crippen molar-refractivity contribution in [2.24, 2.45) is 5.73 Å². The van der Waals surface area contributed by atoms with Crippen molar-refractivity contribution in [3.63, 3.8) is 0 Å². The van der Waals surface area contributed by atoms with Crippen LogP contribution in [0.5, 0.6) is 0 Å². The van der Waals surface area contributed by atoms with Crippen LogP contribution in [0, 0.1) is 6.92 Å². The Hall–Kier alpha value is -0.830. The molecule has 14 heavy (non-hydrogen) atoms. The summed E-state index contributed by atoms with van der Waals surface area (Å²) in [7, 11) is 0. The van der Waals surface area contributed by atoms with E-state index in [9.17, 15) is 0 Å². The van der Waals surface area contributed by atoms with Crippen LogP contribution < -0.4 is 5.73 Å². The van der Waals surface area contributed by atoms with Crippen LogP contribution in [0.1, 0.15) is 43.0 Å². The molecule has 0 saturated heterocycles. The second kappa shape index (κ2) is 3.73. The molecule has 0 spiro atoms. The van der Waals surface area contributed by atoms with Crippen LogP contribution in [0.25, 0.3) is 0 Å². The lowest BCUT2D eigenvalue weighted by molar-refractivity contribution is 0.510. The van der Waals surface area contributed by atoms with E-state index in [-0.39, 0.29) is 0 Å².